The van der Waals surface area contributed by atoms with Crippen LogP contribution in [-0.2, 0) is 4.79 Å². The van der Waals surface area contributed by atoms with Crippen molar-refractivity contribution in [2.75, 3.05) is 18.1 Å². The Bertz CT molecular complexity index is 724. The Hall–Kier alpha value is -2.28. The molecule has 0 aliphatic heterocycles. The van der Waals surface area contributed by atoms with E-state index in [1.807, 2.05) is 6.20 Å². The molecule has 1 aliphatic carbocycles. The average molecular weight is 330 g/mol. The average Bonchev–Trinajstić information content (AvgIpc) is 3.30. The van der Waals surface area contributed by atoms with Gasteiger partial charge in [-0.05, 0) is 31.0 Å². The summed E-state index contributed by atoms with van der Waals surface area (Å²) in [6.45, 7) is 0. The maximum Gasteiger partial charge on any atom is 0.251 e. The van der Waals surface area contributed by atoms with E-state index in [1.165, 1.54) is 24.6 Å². The normalized spacial score (nSPS) is 13.6. The third kappa shape index (κ3) is 3.92. The number of carbonyl (C=O) groups excluding carboxylic acids is 2. The van der Waals surface area contributed by atoms with Crippen molar-refractivity contribution in [2.45, 2.75) is 24.0 Å². The Morgan fingerprint density at radius 3 is 2.96 bits per heavy atom. The Morgan fingerprint density at radius 2 is 2.22 bits per heavy atom. The van der Waals surface area contributed by atoms with E-state index in [4.69, 9.17) is 0 Å². The van der Waals surface area contributed by atoms with Crippen LogP contribution < -0.4 is 10.6 Å². The number of aromatic nitrogens is 2. The minimum atomic E-state index is -0.179. The van der Waals surface area contributed by atoms with Crippen LogP contribution in [0.2, 0.25) is 0 Å². The quantitative estimate of drug-likeness (QED) is 0.797. The number of carbonyl (C=O) groups is 2. The minimum Gasteiger partial charge on any atom is -0.355 e. The highest BCUT2D eigenvalue weighted by atomic mass is 32.2. The van der Waals surface area contributed by atoms with Crippen molar-refractivity contribution in [3.05, 3.63) is 42.2 Å². The smallest absolute Gasteiger partial charge is 0.251 e. The fourth-order valence-corrected chi connectivity index (χ4v) is 3.08. The summed E-state index contributed by atoms with van der Waals surface area (Å²) in [5, 5.41) is 6.25. The number of thioether (sulfide) groups is 1. The van der Waals surface area contributed by atoms with E-state index in [-0.39, 0.29) is 17.6 Å². The van der Waals surface area contributed by atoms with Crippen LogP contribution in [0.3, 0.4) is 0 Å². The van der Waals surface area contributed by atoms with Crippen molar-refractivity contribution in [3.63, 3.8) is 0 Å². The predicted octanol–water partition coefficient (Wildman–Crippen LogP) is 2.31. The van der Waals surface area contributed by atoms with Gasteiger partial charge in [-0.25, -0.2) is 4.98 Å². The molecule has 1 fully saturated rings. The highest BCUT2D eigenvalue weighted by Gasteiger charge is 2.25. The minimum absolute atomic E-state index is 0.116. The second-order valence-corrected chi connectivity index (χ2v) is 6.29. The summed E-state index contributed by atoms with van der Waals surface area (Å²) >= 11 is 1.42. The van der Waals surface area contributed by atoms with Crippen molar-refractivity contribution in [3.8, 4) is 0 Å². The topological polar surface area (TPSA) is 76.0 Å². The van der Waals surface area contributed by atoms with E-state index >= 15 is 0 Å². The monoisotopic (exact) mass is 330 g/mol. The molecule has 2 aromatic rings. The molecule has 0 saturated heterocycles. The van der Waals surface area contributed by atoms with E-state index < -0.39 is 0 Å². The molecule has 1 heterocycles. The van der Waals surface area contributed by atoms with Gasteiger partial charge in [-0.2, -0.15) is 0 Å². The Balaban J connectivity index is 1.57. The molecule has 7 heteroatoms. The first-order chi connectivity index (χ1) is 11.2. The van der Waals surface area contributed by atoms with Crippen LogP contribution in [0.1, 0.15) is 29.2 Å². The number of rotatable bonds is 6. The first-order valence-corrected chi connectivity index (χ1v) is 8.43. The number of hydrogen-bond acceptors (Lipinski definition) is 4. The SMILES string of the molecule is CNC(=O)c1cccc(NC(=O)CSc2nccn2C2CC2)c1. The number of imidazole rings is 1. The van der Waals surface area contributed by atoms with Crippen molar-refractivity contribution in [1.82, 2.24) is 14.9 Å². The molecule has 120 valence electrons. The molecule has 2 amide bonds. The molecule has 0 atom stereocenters. The summed E-state index contributed by atoms with van der Waals surface area (Å²) in [6, 6.07) is 7.42. The van der Waals surface area contributed by atoms with E-state index in [0.29, 0.717) is 17.3 Å². The third-order valence-electron chi connectivity index (χ3n) is 3.54. The molecule has 2 N–H and O–H groups in total. The molecule has 1 aromatic carbocycles. The summed E-state index contributed by atoms with van der Waals surface area (Å²) in [4.78, 5) is 28.0. The van der Waals surface area contributed by atoms with E-state index in [0.717, 1.165) is 5.16 Å². The molecule has 0 unspecified atom stereocenters. The molecular weight excluding hydrogens is 312 g/mol. The van der Waals surface area contributed by atoms with Crippen molar-refractivity contribution < 1.29 is 9.59 Å². The van der Waals surface area contributed by atoms with Crippen LogP contribution in [0.25, 0.3) is 0 Å². The molecule has 6 nitrogen and oxygen atoms in total. The number of amides is 2. The molecule has 23 heavy (non-hydrogen) atoms. The van der Waals surface area contributed by atoms with Gasteiger partial charge in [0.05, 0.1) is 5.75 Å². The molecular formula is C16H18N4O2S. The van der Waals surface area contributed by atoms with Gasteiger partial charge in [0.15, 0.2) is 5.16 Å². The Labute approximate surface area is 138 Å². The van der Waals surface area contributed by atoms with Crippen LogP contribution in [0.5, 0.6) is 0 Å². The van der Waals surface area contributed by atoms with Gasteiger partial charge in [-0.15, -0.1) is 0 Å². The van der Waals surface area contributed by atoms with Crippen LogP contribution in [0.15, 0.2) is 41.8 Å². The highest BCUT2D eigenvalue weighted by molar-refractivity contribution is 7.99. The fraction of sp³-hybridized carbons (Fsp3) is 0.312. The van der Waals surface area contributed by atoms with E-state index in [2.05, 4.69) is 20.2 Å². The number of nitrogens with zero attached hydrogens (tertiary/aromatic N) is 2. The number of hydrogen-bond donors (Lipinski definition) is 2. The van der Waals surface area contributed by atoms with Gasteiger partial charge in [-0.1, -0.05) is 17.8 Å². The van der Waals surface area contributed by atoms with Crippen LogP contribution in [0.4, 0.5) is 5.69 Å². The molecule has 1 saturated carbocycles. The second-order valence-electron chi connectivity index (χ2n) is 5.35. The zero-order chi connectivity index (χ0) is 16.2. The van der Waals surface area contributed by atoms with Gasteiger partial charge >= 0.3 is 0 Å². The number of benzene rings is 1. The maximum absolute atomic E-state index is 12.1. The lowest BCUT2D eigenvalue weighted by Gasteiger charge is -2.08. The zero-order valence-electron chi connectivity index (χ0n) is 12.8. The maximum atomic E-state index is 12.1. The van der Waals surface area contributed by atoms with Gasteiger partial charge in [0, 0.05) is 36.7 Å². The number of anilines is 1. The van der Waals surface area contributed by atoms with Crippen molar-refractivity contribution >= 4 is 29.3 Å². The van der Waals surface area contributed by atoms with Gasteiger partial charge in [0.25, 0.3) is 5.91 Å². The molecule has 3 rings (SSSR count). The lowest BCUT2D eigenvalue weighted by atomic mass is 10.2. The standard InChI is InChI=1S/C16H18N4O2S/c1-17-15(22)11-3-2-4-12(9-11)19-14(21)10-23-16-18-7-8-20(16)13-5-6-13/h2-4,7-9,13H,5-6,10H2,1H3,(H,17,22)(H,19,21). The Kier molecular flexibility index (Phi) is 4.66. The van der Waals surface area contributed by atoms with Gasteiger partial charge in [0.1, 0.15) is 0 Å². The largest absolute Gasteiger partial charge is 0.355 e. The summed E-state index contributed by atoms with van der Waals surface area (Å²) in [6.07, 6.45) is 6.10. The summed E-state index contributed by atoms with van der Waals surface area (Å²) in [5.74, 6) is -0.00941. The number of nitrogens with one attached hydrogen (secondary N) is 2. The third-order valence-corrected chi connectivity index (χ3v) is 4.52. The summed E-state index contributed by atoms with van der Waals surface area (Å²) in [7, 11) is 1.58. The molecule has 0 spiro atoms. The zero-order valence-corrected chi connectivity index (χ0v) is 13.6. The molecule has 0 radical (unpaired) electrons. The van der Waals surface area contributed by atoms with Gasteiger partial charge in [0.2, 0.25) is 5.91 Å². The van der Waals surface area contributed by atoms with Crippen molar-refractivity contribution in [2.24, 2.45) is 0 Å². The lowest BCUT2D eigenvalue weighted by molar-refractivity contribution is -0.113. The van der Waals surface area contributed by atoms with Crippen LogP contribution >= 0.6 is 11.8 Å². The second kappa shape index (κ2) is 6.87. The first-order valence-electron chi connectivity index (χ1n) is 7.45. The van der Waals surface area contributed by atoms with Gasteiger partial charge in [-0.3, -0.25) is 9.59 Å². The Morgan fingerprint density at radius 1 is 1.39 bits per heavy atom. The van der Waals surface area contributed by atoms with Crippen LogP contribution in [0, 0.1) is 0 Å². The van der Waals surface area contributed by atoms with Crippen LogP contribution in [-0.4, -0.2) is 34.2 Å². The molecule has 0 bridgehead atoms. The summed E-state index contributed by atoms with van der Waals surface area (Å²) < 4.78 is 2.13. The van der Waals surface area contributed by atoms with E-state index in [1.54, 1.807) is 37.5 Å². The summed E-state index contributed by atoms with van der Waals surface area (Å²) in [5.41, 5.74) is 1.13. The van der Waals surface area contributed by atoms with Crippen molar-refractivity contribution in [1.29, 1.82) is 0 Å². The highest BCUT2D eigenvalue weighted by Crippen LogP contribution is 2.37. The first kappa shape index (κ1) is 15.6. The van der Waals surface area contributed by atoms with Gasteiger partial charge < -0.3 is 15.2 Å². The molecule has 1 aromatic heterocycles. The molecule has 1 aliphatic rings. The predicted molar refractivity (Wildman–Crippen MR) is 89.7 cm³/mol. The fourth-order valence-electron chi connectivity index (χ4n) is 2.25. The van der Waals surface area contributed by atoms with E-state index in [9.17, 15) is 9.59 Å². The lowest BCUT2D eigenvalue weighted by Crippen LogP contribution is -2.19.